The zero-order valence-corrected chi connectivity index (χ0v) is 12.3. The first-order chi connectivity index (χ1) is 9.49. The number of aryl methyl sites for hydroxylation is 1. The number of carboxylic acids is 1. The lowest BCUT2D eigenvalue weighted by Gasteiger charge is -2.14. The Hall–Kier alpha value is -2.03. The summed E-state index contributed by atoms with van der Waals surface area (Å²) >= 11 is 0. The lowest BCUT2D eigenvalue weighted by molar-refractivity contribution is 0.0695. The fourth-order valence-corrected chi connectivity index (χ4v) is 2.43. The number of carbonyl (C=O) groups is 1. The highest BCUT2D eigenvalue weighted by molar-refractivity contribution is 5.89. The number of aromatic carboxylic acids is 1. The van der Waals surface area contributed by atoms with Crippen LogP contribution < -0.4 is 0 Å². The van der Waals surface area contributed by atoms with Crippen molar-refractivity contribution in [2.24, 2.45) is 5.92 Å². The molecule has 0 unspecified atom stereocenters. The van der Waals surface area contributed by atoms with Crippen molar-refractivity contribution in [1.29, 1.82) is 0 Å². The van der Waals surface area contributed by atoms with E-state index in [4.69, 9.17) is 0 Å². The molecule has 1 aromatic heterocycles. The van der Waals surface area contributed by atoms with Gasteiger partial charge >= 0.3 is 5.97 Å². The lowest BCUT2D eigenvalue weighted by atomic mass is 10.0. The molecule has 0 amide bonds. The minimum atomic E-state index is -0.843. The summed E-state index contributed by atoms with van der Waals surface area (Å²) in [6, 6.07) is 9.92. The monoisotopic (exact) mass is 271 g/mol. The van der Waals surface area contributed by atoms with Crippen molar-refractivity contribution in [2.75, 3.05) is 0 Å². The lowest BCUT2D eigenvalue weighted by Crippen LogP contribution is -2.11. The first-order valence-electron chi connectivity index (χ1n) is 6.95. The van der Waals surface area contributed by atoms with Gasteiger partial charge in [-0.1, -0.05) is 38.1 Å². The number of aromatic nitrogens is 1. The molecular formula is C17H21NO2. The Labute approximate surface area is 119 Å². The molecule has 2 rings (SSSR count). The standard InChI is InChI=1S/C17H21NO2/c1-12(2)10-16-15(17(19)20)8-9-18(16)11-14-7-5-4-6-13(14)3/h4-9,12H,10-11H2,1-3H3,(H,19,20). The van der Waals surface area contributed by atoms with E-state index in [-0.39, 0.29) is 0 Å². The zero-order valence-electron chi connectivity index (χ0n) is 12.3. The second-order valence-corrected chi connectivity index (χ2v) is 5.63. The maximum absolute atomic E-state index is 11.3. The van der Waals surface area contributed by atoms with Crippen molar-refractivity contribution in [3.8, 4) is 0 Å². The van der Waals surface area contributed by atoms with Gasteiger partial charge in [-0.25, -0.2) is 4.79 Å². The molecule has 3 nitrogen and oxygen atoms in total. The second kappa shape index (κ2) is 5.95. The highest BCUT2D eigenvalue weighted by Crippen LogP contribution is 2.19. The molecule has 0 spiro atoms. The van der Waals surface area contributed by atoms with E-state index < -0.39 is 5.97 Å². The number of rotatable bonds is 5. The molecule has 0 saturated carbocycles. The summed E-state index contributed by atoms with van der Waals surface area (Å²) in [6.45, 7) is 7.02. The van der Waals surface area contributed by atoms with Crippen LogP contribution in [0.15, 0.2) is 36.5 Å². The minimum Gasteiger partial charge on any atom is -0.478 e. The minimum absolute atomic E-state index is 0.423. The van der Waals surface area contributed by atoms with Crippen molar-refractivity contribution in [3.05, 3.63) is 58.9 Å². The molecular weight excluding hydrogens is 250 g/mol. The topological polar surface area (TPSA) is 42.2 Å². The number of hydrogen-bond acceptors (Lipinski definition) is 1. The summed E-state index contributed by atoms with van der Waals surface area (Å²) in [5.74, 6) is -0.414. The van der Waals surface area contributed by atoms with E-state index in [0.717, 1.165) is 18.7 Å². The Morgan fingerprint density at radius 1 is 1.25 bits per heavy atom. The molecule has 1 N–H and O–H groups in total. The third-order valence-electron chi connectivity index (χ3n) is 3.51. The predicted molar refractivity (Wildman–Crippen MR) is 80.2 cm³/mol. The maximum Gasteiger partial charge on any atom is 0.337 e. The molecule has 0 aliphatic rings. The molecule has 2 aromatic rings. The molecule has 20 heavy (non-hydrogen) atoms. The van der Waals surface area contributed by atoms with Crippen molar-refractivity contribution in [1.82, 2.24) is 4.57 Å². The van der Waals surface area contributed by atoms with Gasteiger partial charge in [0, 0.05) is 18.4 Å². The van der Waals surface area contributed by atoms with Crippen LogP contribution in [0.3, 0.4) is 0 Å². The smallest absolute Gasteiger partial charge is 0.337 e. The summed E-state index contributed by atoms with van der Waals surface area (Å²) in [7, 11) is 0. The van der Waals surface area contributed by atoms with Gasteiger partial charge < -0.3 is 9.67 Å². The summed E-state index contributed by atoms with van der Waals surface area (Å²) in [6.07, 6.45) is 2.66. The van der Waals surface area contributed by atoms with E-state index in [0.29, 0.717) is 11.5 Å². The molecule has 0 aliphatic heterocycles. The molecule has 0 atom stereocenters. The van der Waals surface area contributed by atoms with Crippen molar-refractivity contribution in [2.45, 2.75) is 33.7 Å². The van der Waals surface area contributed by atoms with Gasteiger partial charge in [0.1, 0.15) is 0 Å². The van der Waals surface area contributed by atoms with E-state index in [2.05, 4.69) is 37.5 Å². The Morgan fingerprint density at radius 2 is 1.95 bits per heavy atom. The Balaban J connectivity index is 2.36. The summed E-state index contributed by atoms with van der Waals surface area (Å²) < 4.78 is 2.06. The Morgan fingerprint density at radius 3 is 2.55 bits per heavy atom. The third kappa shape index (κ3) is 3.10. The van der Waals surface area contributed by atoms with Crippen LogP contribution in [-0.4, -0.2) is 15.6 Å². The maximum atomic E-state index is 11.3. The predicted octanol–water partition coefficient (Wildman–Crippen LogP) is 3.74. The molecule has 3 heteroatoms. The molecule has 0 bridgehead atoms. The van der Waals surface area contributed by atoms with E-state index in [1.807, 2.05) is 18.3 Å². The van der Waals surface area contributed by atoms with Gasteiger partial charge in [-0.15, -0.1) is 0 Å². The van der Waals surface area contributed by atoms with Crippen LogP contribution in [0.4, 0.5) is 0 Å². The van der Waals surface area contributed by atoms with Crippen LogP contribution in [0.5, 0.6) is 0 Å². The summed E-state index contributed by atoms with van der Waals surface area (Å²) in [5.41, 5.74) is 3.79. The normalized spacial score (nSPS) is 11.0. The van der Waals surface area contributed by atoms with E-state index >= 15 is 0 Å². The fraction of sp³-hybridized carbons (Fsp3) is 0.353. The second-order valence-electron chi connectivity index (χ2n) is 5.63. The first-order valence-corrected chi connectivity index (χ1v) is 6.95. The Bertz CT molecular complexity index is 611. The molecule has 0 saturated heterocycles. The quantitative estimate of drug-likeness (QED) is 0.900. The number of hydrogen-bond donors (Lipinski definition) is 1. The van der Waals surface area contributed by atoms with Gasteiger partial charge in [-0.3, -0.25) is 0 Å². The van der Waals surface area contributed by atoms with Crippen LogP contribution in [-0.2, 0) is 13.0 Å². The molecule has 1 aromatic carbocycles. The number of carboxylic acid groups (broad SMARTS) is 1. The highest BCUT2D eigenvalue weighted by Gasteiger charge is 2.16. The Kier molecular flexibility index (Phi) is 4.28. The SMILES string of the molecule is Cc1ccccc1Cn1ccc(C(=O)O)c1CC(C)C. The van der Waals surface area contributed by atoms with Crippen molar-refractivity contribution in [3.63, 3.8) is 0 Å². The molecule has 0 fully saturated rings. The molecule has 1 heterocycles. The van der Waals surface area contributed by atoms with Gasteiger partial charge in [-0.2, -0.15) is 0 Å². The van der Waals surface area contributed by atoms with Gasteiger partial charge in [-0.05, 0) is 36.5 Å². The fourth-order valence-electron chi connectivity index (χ4n) is 2.43. The number of nitrogens with zero attached hydrogens (tertiary/aromatic N) is 1. The number of benzene rings is 1. The molecule has 0 aliphatic carbocycles. The van der Waals surface area contributed by atoms with Gasteiger partial charge in [0.2, 0.25) is 0 Å². The summed E-state index contributed by atoms with van der Waals surface area (Å²) in [4.78, 5) is 11.3. The van der Waals surface area contributed by atoms with E-state index in [1.165, 1.54) is 11.1 Å². The van der Waals surface area contributed by atoms with Crippen molar-refractivity contribution < 1.29 is 9.90 Å². The molecule has 106 valence electrons. The van der Waals surface area contributed by atoms with E-state index in [9.17, 15) is 9.90 Å². The third-order valence-corrected chi connectivity index (χ3v) is 3.51. The van der Waals surface area contributed by atoms with E-state index in [1.54, 1.807) is 6.07 Å². The van der Waals surface area contributed by atoms with Crippen LogP contribution in [0.25, 0.3) is 0 Å². The van der Waals surface area contributed by atoms with Crippen LogP contribution in [0, 0.1) is 12.8 Å². The average Bonchev–Trinajstić information content (AvgIpc) is 2.75. The summed E-state index contributed by atoms with van der Waals surface area (Å²) in [5, 5.41) is 9.30. The van der Waals surface area contributed by atoms with Crippen LogP contribution in [0.1, 0.15) is 41.0 Å². The van der Waals surface area contributed by atoms with Crippen molar-refractivity contribution >= 4 is 5.97 Å². The van der Waals surface area contributed by atoms with Crippen LogP contribution >= 0.6 is 0 Å². The zero-order chi connectivity index (χ0) is 14.7. The molecule has 0 radical (unpaired) electrons. The van der Waals surface area contributed by atoms with Gasteiger partial charge in [0.05, 0.1) is 5.56 Å². The first kappa shape index (κ1) is 14.4. The van der Waals surface area contributed by atoms with Gasteiger partial charge in [0.15, 0.2) is 0 Å². The largest absolute Gasteiger partial charge is 0.478 e. The highest BCUT2D eigenvalue weighted by atomic mass is 16.4. The van der Waals surface area contributed by atoms with Gasteiger partial charge in [0.25, 0.3) is 0 Å². The average molecular weight is 271 g/mol. The van der Waals surface area contributed by atoms with Crippen LogP contribution in [0.2, 0.25) is 0 Å².